The number of aromatic nitrogens is 5. The molecule has 118 valence electrons. The van der Waals surface area contributed by atoms with Crippen molar-refractivity contribution in [3.05, 3.63) is 36.5 Å². The predicted octanol–water partition coefficient (Wildman–Crippen LogP) is 3.03. The summed E-state index contributed by atoms with van der Waals surface area (Å²) in [5, 5.41) is 4.78. The average Bonchev–Trinajstić information content (AvgIpc) is 3.49. The van der Waals surface area contributed by atoms with Gasteiger partial charge in [-0.15, -0.1) is 0 Å². The molecule has 3 heterocycles. The van der Waals surface area contributed by atoms with Gasteiger partial charge in [0.2, 0.25) is 0 Å². The van der Waals surface area contributed by atoms with Gasteiger partial charge in [0.1, 0.15) is 11.8 Å². The van der Waals surface area contributed by atoms with E-state index in [-0.39, 0.29) is 6.10 Å². The molecule has 2 aliphatic carbocycles. The Bertz CT molecular complexity index is 859. The molecule has 0 spiro atoms. The molecule has 3 aromatic rings. The number of methoxy groups -OCH3 is 1. The Morgan fingerprint density at radius 3 is 2.87 bits per heavy atom. The van der Waals surface area contributed by atoms with Gasteiger partial charge in [-0.1, -0.05) is 0 Å². The van der Waals surface area contributed by atoms with Gasteiger partial charge in [0, 0.05) is 18.8 Å². The molecule has 1 unspecified atom stereocenters. The maximum atomic E-state index is 5.66. The van der Waals surface area contributed by atoms with Crippen LogP contribution in [0, 0.1) is 5.92 Å². The number of hydrogen-bond donors (Lipinski definition) is 0. The minimum Gasteiger partial charge on any atom is -0.373 e. The van der Waals surface area contributed by atoms with Crippen molar-refractivity contribution in [3.63, 3.8) is 0 Å². The second-order valence-corrected chi connectivity index (χ2v) is 6.58. The minimum atomic E-state index is 0.0192. The molecule has 6 heteroatoms. The van der Waals surface area contributed by atoms with Crippen LogP contribution in [0.25, 0.3) is 17.0 Å². The van der Waals surface area contributed by atoms with E-state index in [1.807, 2.05) is 23.0 Å². The number of ether oxygens (including phenoxy) is 1. The molecule has 0 aliphatic heterocycles. The van der Waals surface area contributed by atoms with Crippen molar-refractivity contribution in [1.29, 1.82) is 0 Å². The smallest absolute Gasteiger partial charge is 0.180 e. The third-order valence-corrected chi connectivity index (χ3v) is 4.75. The molecule has 0 aromatic carbocycles. The van der Waals surface area contributed by atoms with Crippen LogP contribution in [0.5, 0.6) is 0 Å². The van der Waals surface area contributed by atoms with Crippen molar-refractivity contribution in [2.45, 2.75) is 37.8 Å². The third kappa shape index (κ3) is 2.25. The highest BCUT2D eigenvalue weighted by molar-refractivity contribution is 5.60. The van der Waals surface area contributed by atoms with Crippen LogP contribution >= 0.6 is 0 Å². The maximum absolute atomic E-state index is 5.66. The zero-order valence-corrected chi connectivity index (χ0v) is 13.1. The van der Waals surface area contributed by atoms with Gasteiger partial charge in [0.25, 0.3) is 0 Å². The van der Waals surface area contributed by atoms with Crippen molar-refractivity contribution in [2.24, 2.45) is 5.92 Å². The molecule has 0 saturated heterocycles. The van der Waals surface area contributed by atoms with Gasteiger partial charge in [0.05, 0.1) is 12.4 Å². The van der Waals surface area contributed by atoms with Crippen LogP contribution in [-0.4, -0.2) is 31.3 Å². The molecule has 0 bridgehead atoms. The first kappa shape index (κ1) is 13.2. The Morgan fingerprint density at radius 2 is 2.13 bits per heavy atom. The van der Waals surface area contributed by atoms with E-state index < -0.39 is 0 Å². The van der Waals surface area contributed by atoms with E-state index in [1.54, 1.807) is 7.11 Å². The first-order valence-corrected chi connectivity index (χ1v) is 8.26. The molecule has 2 aliphatic rings. The van der Waals surface area contributed by atoms with Crippen molar-refractivity contribution >= 4 is 5.52 Å². The maximum Gasteiger partial charge on any atom is 0.180 e. The Kier molecular flexibility index (Phi) is 2.82. The third-order valence-electron chi connectivity index (χ3n) is 4.75. The number of rotatable bonds is 5. The van der Waals surface area contributed by atoms with Crippen LogP contribution in [0.15, 0.2) is 30.7 Å². The molecule has 3 aromatic heterocycles. The Labute approximate surface area is 134 Å². The van der Waals surface area contributed by atoms with Crippen molar-refractivity contribution < 1.29 is 4.74 Å². The monoisotopic (exact) mass is 309 g/mol. The lowest BCUT2D eigenvalue weighted by Gasteiger charge is -2.09. The normalized spacial score (nSPS) is 19.3. The van der Waals surface area contributed by atoms with Gasteiger partial charge in [0.15, 0.2) is 11.6 Å². The number of hydrogen-bond acceptors (Lipinski definition) is 4. The van der Waals surface area contributed by atoms with Crippen molar-refractivity contribution in [2.75, 3.05) is 7.11 Å². The lowest BCUT2D eigenvalue weighted by Crippen LogP contribution is -2.07. The fourth-order valence-corrected chi connectivity index (χ4v) is 3.17. The van der Waals surface area contributed by atoms with E-state index in [1.165, 1.54) is 25.7 Å². The molecule has 0 N–H and O–H groups in total. The van der Waals surface area contributed by atoms with Crippen LogP contribution in [0.3, 0.4) is 0 Å². The summed E-state index contributed by atoms with van der Waals surface area (Å²) >= 11 is 0. The summed E-state index contributed by atoms with van der Waals surface area (Å²) in [5.41, 5.74) is 2.00. The van der Waals surface area contributed by atoms with Gasteiger partial charge in [-0.25, -0.2) is 14.6 Å². The fraction of sp³-hybridized carbons (Fsp3) is 0.471. The summed E-state index contributed by atoms with van der Waals surface area (Å²) in [4.78, 5) is 9.40. The first-order chi connectivity index (χ1) is 11.3. The molecule has 2 saturated carbocycles. The van der Waals surface area contributed by atoms with E-state index in [4.69, 9.17) is 14.8 Å². The van der Waals surface area contributed by atoms with E-state index in [0.717, 1.165) is 22.9 Å². The number of fused-ring (bicyclic) bond motifs is 1. The summed E-state index contributed by atoms with van der Waals surface area (Å²) in [7, 11) is 1.76. The Morgan fingerprint density at radius 1 is 1.26 bits per heavy atom. The molecule has 0 radical (unpaired) electrons. The van der Waals surface area contributed by atoms with E-state index in [2.05, 4.69) is 21.8 Å². The molecule has 6 nitrogen and oxygen atoms in total. The highest BCUT2D eigenvalue weighted by Crippen LogP contribution is 2.43. The molecular formula is C17H19N5O. The largest absolute Gasteiger partial charge is 0.373 e. The Hall–Kier alpha value is -2.21. The van der Waals surface area contributed by atoms with Crippen LogP contribution in [-0.2, 0) is 4.74 Å². The summed E-state index contributed by atoms with van der Waals surface area (Å²) in [5.74, 6) is 2.26. The quantitative estimate of drug-likeness (QED) is 0.727. The average molecular weight is 309 g/mol. The summed E-state index contributed by atoms with van der Waals surface area (Å²) in [6.07, 6.45) is 8.61. The highest BCUT2D eigenvalue weighted by atomic mass is 16.5. The zero-order chi connectivity index (χ0) is 15.4. The van der Waals surface area contributed by atoms with E-state index in [0.29, 0.717) is 12.0 Å². The Balaban J connectivity index is 1.61. The van der Waals surface area contributed by atoms with Gasteiger partial charge >= 0.3 is 0 Å². The first-order valence-electron chi connectivity index (χ1n) is 8.26. The van der Waals surface area contributed by atoms with Crippen LogP contribution in [0.4, 0.5) is 0 Å². The zero-order valence-electron chi connectivity index (χ0n) is 13.1. The minimum absolute atomic E-state index is 0.0192. The number of nitrogens with zero attached hydrogens (tertiary/aromatic N) is 5. The second-order valence-electron chi connectivity index (χ2n) is 6.58. The van der Waals surface area contributed by atoms with Gasteiger partial charge in [-0.3, -0.25) is 0 Å². The predicted molar refractivity (Wildman–Crippen MR) is 85.0 cm³/mol. The second kappa shape index (κ2) is 4.89. The topological polar surface area (TPSA) is 57.2 Å². The van der Waals surface area contributed by atoms with Crippen LogP contribution < -0.4 is 0 Å². The van der Waals surface area contributed by atoms with Gasteiger partial charge in [-0.2, -0.15) is 5.10 Å². The van der Waals surface area contributed by atoms with Gasteiger partial charge in [-0.05, 0) is 49.8 Å². The van der Waals surface area contributed by atoms with Crippen molar-refractivity contribution in [3.8, 4) is 11.5 Å². The van der Waals surface area contributed by atoms with Crippen molar-refractivity contribution in [1.82, 2.24) is 24.1 Å². The van der Waals surface area contributed by atoms with E-state index >= 15 is 0 Å². The molecule has 23 heavy (non-hydrogen) atoms. The molecule has 5 rings (SSSR count). The summed E-state index contributed by atoms with van der Waals surface area (Å²) in [6.45, 7) is 0. The molecule has 1 atom stereocenters. The lowest BCUT2D eigenvalue weighted by atomic mass is 10.2. The summed E-state index contributed by atoms with van der Waals surface area (Å²) < 4.78 is 9.73. The standard InChI is InChI=1S/C17H19N5O/c1-23-15(11-4-5-11)16-19-17(22(20-16)12-6-7-12)14-9-13-3-2-8-21(13)10-18-14/h2-3,8-12,15H,4-7H2,1H3. The van der Waals surface area contributed by atoms with Crippen LogP contribution in [0.1, 0.15) is 43.7 Å². The summed E-state index contributed by atoms with van der Waals surface area (Å²) in [6, 6.07) is 6.64. The van der Waals surface area contributed by atoms with Gasteiger partial charge < -0.3 is 9.14 Å². The molecular weight excluding hydrogens is 290 g/mol. The highest BCUT2D eigenvalue weighted by Gasteiger charge is 2.37. The SMILES string of the molecule is COC(c1nc(-c2cc3cccn3cn2)n(C2CC2)n1)C1CC1. The van der Waals surface area contributed by atoms with E-state index in [9.17, 15) is 0 Å². The lowest BCUT2D eigenvalue weighted by molar-refractivity contribution is 0.0770. The molecule has 0 amide bonds. The van der Waals surface area contributed by atoms with Crippen LogP contribution in [0.2, 0.25) is 0 Å². The fourth-order valence-electron chi connectivity index (χ4n) is 3.17. The molecule has 2 fully saturated rings.